The highest BCUT2D eigenvalue weighted by Gasteiger charge is 2.26. The SMILES string of the molecule is CC1CCCC1NC1CCCN(C(C)C)CC1. The topological polar surface area (TPSA) is 15.3 Å². The number of nitrogens with zero attached hydrogens (tertiary/aromatic N) is 1. The highest BCUT2D eigenvalue weighted by Crippen LogP contribution is 2.26. The van der Waals surface area contributed by atoms with Crippen molar-refractivity contribution in [2.45, 2.75) is 77.4 Å². The Morgan fingerprint density at radius 2 is 1.82 bits per heavy atom. The molecule has 0 aromatic heterocycles. The largest absolute Gasteiger partial charge is 0.311 e. The molecular formula is C15H30N2. The summed E-state index contributed by atoms with van der Waals surface area (Å²) in [4.78, 5) is 2.64. The van der Waals surface area contributed by atoms with E-state index in [0.717, 1.165) is 24.0 Å². The smallest absolute Gasteiger partial charge is 0.00952 e. The molecule has 1 aliphatic heterocycles. The maximum atomic E-state index is 3.94. The van der Waals surface area contributed by atoms with E-state index in [-0.39, 0.29) is 0 Å². The summed E-state index contributed by atoms with van der Waals surface area (Å²) in [5.74, 6) is 0.902. The van der Waals surface area contributed by atoms with E-state index in [1.54, 1.807) is 0 Å². The monoisotopic (exact) mass is 238 g/mol. The van der Waals surface area contributed by atoms with Gasteiger partial charge in [-0.25, -0.2) is 0 Å². The van der Waals surface area contributed by atoms with Crippen molar-refractivity contribution in [3.8, 4) is 0 Å². The summed E-state index contributed by atoms with van der Waals surface area (Å²) < 4.78 is 0. The second-order valence-corrected chi connectivity index (χ2v) is 6.44. The number of rotatable bonds is 3. The molecule has 0 aromatic rings. The number of hydrogen-bond donors (Lipinski definition) is 1. The Morgan fingerprint density at radius 3 is 2.47 bits per heavy atom. The van der Waals surface area contributed by atoms with Crippen LogP contribution in [0.15, 0.2) is 0 Å². The van der Waals surface area contributed by atoms with Gasteiger partial charge in [0.15, 0.2) is 0 Å². The fourth-order valence-electron chi connectivity index (χ4n) is 3.50. The van der Waals surface area contributed by atoms with Gasteiger partial charge in [0, 0.05) is 18.1 Å². The van der Waals surface area contributed by atoms with Crippen LogP contribution in [0.3, 0.4) is 0 Å². The van der Waals surface area contributed by atoms with Gasteiger partial charge in [-0.15, -0.1) is 0 Å². The molecule has 2 fully saturated rings. The maximum Gasteiger partial charge on any atom is 0.00952 e. The molecule has 2 aliphatic rings. The average Bonchev–Trinajstić information content (AvgIpc) is 2.55. The van der Waals surface area contributed by atoms with E-state index in [2.05, 4.69) is 31.0 Å². The Morgan fingerprint density at radius 1 is 1.00 bits per heavy atom. The van der Waals surface area contributed by atoms with E-state index in [9.17, 15) is 0 Å². The van der Waals surface area contributed by atoms with Gasteiger partial charge >= 0.3 is 0 Å². The third kappa shape index (κ3) is 3.69. The molecule has 1 N–H and O–H groups in total. The third-order valence-corrected chi connectivity index (χ3v) is 4.80. The molecule has 0 spiro atoms. The van der Waals surface area contributed by atoms with Gasteiger partial charge in [0.1, 0.15) is 0 Å². The van der Waals surface area contributed by atoms with Crippen molar-refractivity contribution >= 4 is 0 Å². The summed E-state index contributed by atoms with van der Waals surface area (Å²) in [6.07, 6.45) is 8.38. The Labute approximate surface area is 107 Å². The molecule has 0 aromatic carbocycles. The molecule has 17 heavy (non-hydrogen) atoms. The normalized spacial score (nSPS) is 36.4. The fourth-order valence-corrected chi connectivity index (χ4v) is 3.50. The van der Waals surface area contributed by atoms with Crippen molar-refractivity contribution in [3.63, 3.8) is 0 Å². The molecular weight excluding hydrogens is 208 g/mol. The van der Waals surface area contributed by atoms with Crippen LogP contribution in [0.1, 0.15) is 59.3 Å². The lowest BCUT2D eigenvalue weighted by Gasteiger charge is -2.26. The lowest BCUT2D eigenvalue weighted by Crippen LogP contribution is -2.40. The quantitative estimate of drug-likeness (QED) is 0.813. The zero-order valence-electron chi connectivity index (χ0n) is 11.9. The van der Waals surface area contributed by atoms with Crippen molar-refractivity contribution < 1.29 is 0 Å². The van der Waals surface area contributed by atoms with Crippen LogP contribution in [0.4, 0.5) is 0 Å². The number of nitrogens with one attached hydrogen (secondary N) is 1. The van der Waals surface area contributed by atoms with Crippen molar-refractivity contribution in [2.24, 2.45) is 5.92 Å². The average molecular weight is 238 g/mol. The Balaban J connectivity index is 1.78. The Kier molecular flexibility index (Phi) is 4.87. The summed E-state index contributed by atoms with van der Waals surface area (Å²) >= 11 is 0. The third-order valence-electron chi connectivity index (χ3n) is 4.80. The van der Waals surface area contributed by atoms with Crippen LogP contribution < -0.4 is 5.32 Å². The predicted octanol–water partition coefficient (Wildman–Crippen LogP) is 3.03. The van der Waals surface area contributed by atoms with Gasteiger partial charge in [-0.2, -0.15) is 0 Å². The molecule has 1 aliphatic carbocycles. The Hall–Kier alpha value is -0.0800. The standard InChI is InChI=1S/C15H30N2/c1-12(2)17-10-5-7-14(9-11-17)16-15-8-4-6-13(15)3/h12-16H,4-11H2,1-3H3. The molecule has 2 heteroatoms. The van der Waals surface area contributed by atoms with E-state index in [0.29, 0.717) is 0 Å². The van der Waals surface area contributed by atoms with Gasteiger partial charge in [-0.05, 0) is 65.0 Å². The van der Waals surface area contributed by atoms with E-state index in [4.69, 9.17) is 0 Å². The molecule has 1 saturated heterocycles. The molecule has 100 valence electrons. The predicted molar refractivity (Wildman–Crippen MR) is 74.3 cm³/mol. The van der Waals surface area contributed by atoms with Crippen molar-refractivity contribution in [2.75, 3.05) is 13.1 Å². The van der Waals surface area contributed by atoms with Gasteiger partial charge < -0.3 is 10.2 Å². The zero-order chi connectivity index (χ0) is 12.3. The van der Waals surface area contributed by atoms with E-state index in [1.165, 1.54) is 51.6 Å². The zero-order valence-corrected chi connectivity index (χ0v) is 11.9. The highest BCUT2D eigenvalue weighted by atomic mass is 15.2. The molecule has 1 heterocycles. The molecule has 2 rings (SSSR count). The molecule has 0 bridgehead atoms. The molecule has 0 amide bonds. The van der Waals surface area contributed by atoms with Crippen LogP contribution in [0.25, 0.3) is 0 Å². The highest BCUT2D eigenvalue weighted by molar-refractivity contribution is 4.85. The lowest BCUT2D eigenvalue weighted by atomic mass is 10.0. The first kappa shape index (κ1) is 13.4. The van der Waals surface area contributed by atoms with E-state index >= 15 is 0 Å². The van der Waals surface area contributed by atoms with Crippen LogP contribution in [-0.4, -0.2) is 36.1 Å². The summed E-state index contributed by atoms with van der Waals surface area (Å²) in [7, 11) is 0. The van der Waals surface area contributed by atoms with Crippen LogP contribution in [-0.2, 0) is 0 Å². The Bertz CT molecular complexity index is 227. The lowest BCUT2D eigenvalue weighted by molar-refractivity contribution is 0.227. The van der Waals surface area contributed by atoms with Crippen LogP contribution in [0.5, 0.6) is 0 Å². The summed E-state index contributed by atoms with van der Waals surface area (Å²) in [6.45, 7) is 9.66. The molecule has 1 saturated carbocycles. The minimum absolute atomic E-state index is 0.721. The minimum atomic E-state index is 0.721. The van der Waals surface area contributed by atoms with Crippen LogP contribution in [0.2, 0.25) is 0 Å². The van der Waals surface area contributed by atoms with Gasteiger partial charge in [0.2, 0.25) is 0 Å². The molecule has 3 unspecified atom stereocenters. The van der Waals surface area contributed by atoms with Crippen LogP contribution in [0, 0.1) is 5.92 Å². The molecule has 3 atom stereocenters. The number of likely N-dealkylation sites (tertiary alicyclic amines) is 1. The summed E-state index contributed by atoms with van der Waals surface area (Å²) in [5, 5.41) is 3.94. The van der Waals surface area contributed by atoms with Gasteiger partial charge in [-0.1, -0.05) is 13.3 Å². The summed E-state index contributed by atoms with van der Waals surface area (Å²) in [5.41, 5.74) is 0. The molecule has 0 radical (unpaired) electrons. The van der Waals surface area contributed by atoms with Crippen LogP contribution >= 0.6 is 0 Å². The maximum absolute atomic E-state index is 3.94. The second kappa shape index (κ2) is 6.19. The second-order valence-electron chi connectivity index (χ2n) is 6.44. The first-order valence-electron chi connectivity index (χ1n) is 7.67. The first-order valence-corrected chi connectivity index (χ1v) is 7.67. The van der Waals surface area contributed by atoms with Gasteiger partial charge in [-0.3, -0.25) is 0 Å². The summed E-state index contributed by atoms with van der Waals surface area (Å²) in [6, 6.07) is 2.31. The van der Waals surface area contributed by atoms with E-state index in [1.807, 2.05) is 0 Å². The fraction of sp³-hybridized carbons (Fsp3) is 1.00. The number of hydrogen-bond acceptors (Lipinski definition) is 2. The van der Waals surface area contributed by atoms with Gasteiger partial charge in [0.25, 0.3) is 0 Å². The van der Waals surface area contributed by atoms with E-state index < -0.39 is 0 Å². The first-order chi connectivity index (χ1) is 8.16. The molecule has 2 nitrogen and oxygen atoms in total. The minimum Gasteiger partial charge on any atom is -0.311 e. The van der Waals surface area contributed by atoms with Gasteiger partial charge in [0.05, 0.1) is 0 Å². The van der Waals surface area contributed by atoms with Crippen molar-refractivity contribution in [3.05, 3.63) is 0 Å². The van der Waals surface area contributed by atoms with Crippen molar-refractivity contribution in [1.29, 1.82) is 0 Å². The van der Waals surface area contributed by atoms with Crippen molar-refractivity contribution in [1.82, 2.24) is 10.2 Å².